The molecule has 1 rings (SSSR count). The number of ether oxygens (including phenoxy) is 1. The fourth-order valence-electron chi connectivity index (χ4n) is 1.64. The number of carbonyl (C=O) groups is 1. The highest BCUT2D eigenvalue weighted by molar-refractivity contribution is 5.77. The van der Waals surface area contributed by atoms with E-state index in [4.69, 9.17) is 4.74 Å². The van der Waals surface area contributed by atoms with Crippen molar-refractivity contribution in [2.75, 3.05) is 26.7 Å². The molecule has 0 unspecified atom stereocenters. The zero-order chi connectivity index (χ0) is 15.8. The third kappa shape index (κ3) is 5.03. The number of hydrogen-bond donors (Lipinski definition) is 1. The van der Waals surface area contributed by atoms with Crippen molar-refractivity contribution in [2.45, 2.75) is 20.4 Å². The zero-order valence-electron chi connectivity index (χ0n) is 12.6. The van der Waals surface area contributed by atoms with Gasteiger partial charge in [0.2, 0.25) is 0 Å². The fraction of sp³-hybridized carbons (Fsp3) is 0.500. The van der Waals surface area contributed by atoms with Crippen LogP contribution in [0.2, 0.25) is 0 Å². The molecule has 1 amide bonds. The minimum Gasteiger partial charge on any atom is -0.483 e. The number of hydrogen-bond acceptors (Lipinski definition) is 5. The van der Waals surface area contributed by atoms with Crippen LogP contribution in [-0.2, 0) is 11.3 Å². The highest BCUT2D eigenvalue weighted by Crippen LogP contribution is 2.24. The minimum absolute atomic E-state index is 0.00672. The lowest BCUT2D eigenvalue weighted by Crippen LogP contribution is -2.31. The van der Waals surface area contributed by atoms with Crippen molar-refractivity contribution in [1.29, 1.82) is 0 Å². The third-order valence-corrected chi connectivity index (χ3v) is 3.07. The van der Waals surface area contributed by atoms with Crippen molar-refractivity contribution in [1.82, 2.24) is 10.2 Å². The Hall–Kier alpha value is -2.15. The van der Waals surface area contributed by atoms with Gasteiger partial charge in [0, 0.05) is 37.8 Å². The van der Waals surface area contributed by atoms with E-state index in [-0.39, 0.29) is 18.2 Å². The molecule has 0 saturated heterocycles. The number of benzene rings is 1. The van der Waals surface area contributed by atoms with Gasteiger partial charge in [-0.3, -0.25) is 14.9 Å². The normalized spacial score (nSPS) is 10.2. The number of likely N-dealkylation sites (N-methyl/N-ethyl adjacent to an activating group) is 1. The first kappa shape index (κ1) is 16.9. The van der Waals surface area contributed by atoms with E-state index < -0.39 is 4.92 Å². The largest absolute Gasteiger partial charge is 0.483 e. The van der Waals surface area contributed by atoms with E-state index >= 15 is 0 Å². The molecular formula is C14H21N3O4. The van der Waals surface area contributed by atoms with Crippen molar-refractivity contribution in [3.8, 4) is 5.75 Å². The Balaban J connectivity index is 2.84. The van der Waals surface area contributed by atoms with Crippen molar-refractivity contribution < 1.29 is 14.5 Å². The molecule has 116 valence electrons. The summed E-state index contributed by atoms with van der Waals surface area (Å²) in [5.41, 5.74) is 0.672. The van der Waals surface area contributed by atoms with Crippen LogP contribution in [0, 0.1) is 10.1 Å². The van der Waals surface area contributed by atoms with Gasteiger partial charge in [-0.05, 0) is 19.5 Å². The molecule has 1 aromatic rings. The molecule has 0 atom stereocenters. The van der Waals surface area contributed by atoms with Gasteiger partial charge in [-0.15, -0.1) is 0 Å². The Bertz CT molecular complexity index is 505. The van der Waals surface area contributed by atoms with E-state index in [1.54, 1.807) is 11.9 Å². The molecule has 0 spiro atoms. The van der Waals surface area contributed by atoms with Gasteiger partial charge in [0.1, 0.15) is 5.75 Å². The van der Waals surface area contributed by atoms with Crippen LogP contribution < -0.4 is 10.1 Å². The maximum Gasteiger partial charge on any atom is 0.270 e. The highest BCUT2D eigenvalue weighted by Gasteiger charge is 2.13. The van der Waals surface area contributed by atoms with Crippen LogP contribution in [0.5, 0.6) is 5.75 Å². The number of nitrogens with one attached hydrogen (secondary N) is 1. The molecule has 7 heteroatoms. The monoisotopic (exact) mass is 295 g/mol. The number of rotatable bonds is 8. The molecule has 0 aliphatic heterocycles. The molecule has 0 fully saturated rings. The fourth-order valence-corrected chi connectivity index (χ4v) is 1.64. The van der Waals surface area contributed by atoms with E-state index in [0.29, 0.717) is 24.4 Å². The lowest BCUT2D eigenvalue weighted by Gasteiger charge is -2.16. The van der Waals surface area contributed by atoms with E-state index in [1.165, 1.54) is 18.2 Å². The second-order valence-corrected chi connectivity index (χ2v) is 4.53. The average molecular weight is 295 g/mol. The summed E-state index contributed by atoms with van der Waals surface area (Å²) in [7, 11) is 1.70. The molecule has 0 bridgehead atoms. The van der Waals surface area contributed by atoms with Gasteiger partial charge in [-0.2, -0.15) is 0 Å². The van der Waals surface area contributed by atoms with Crippen LogP contribution in [0.25, 0.3) is 0 Å². The summed E-state index contributed by atoms with van der Waals surface area (Å²) in [6, 6.07) is 4.37. The summed E-state index contributed by atoms with van der Waals surface area (Å²) < 4.78 is 5.50. The SMILES string of the molecule is CCNCc1cc([N+](=O)[O-])ccc1OCC(=O)N(C)CC. The molecular weight excluding hydrogens is 274 g/mol. The van der Waals surface area contributed by atoms with E-state index in [9.17, 15) is 14.9 Å². The van der Waals surface area contributed by atoms with Gasteiger partial charge < -0.3 is 15.0 Å². The maximum absolute atomic E-state index is 11.7. The van der Waals surface area contributed by atoms with Gasteiger partial charge >= 0.3 is 0 Å². The second kappa shape index (κ2) is 8.21. The smallest absolute Gasteiger partial charge is 0.270 e. The van der Waals surface area contributed by atoms with Crippen molar-refractivity contribution >= 4 is 11.6 Å². The van der Waals surface area contributed by atoms with Crippen LogP contribution in [0.4, 0.5) is 5.69 Å². The maximum atomic E-state index is 11.7. The molecule has 21 heavy (non-hydrogen) atoms. The van der Waals surface area contributed by atoms with Crippen LogP contribution in [-0.4, -0.2) is 42.5 Å². The average Bonchev–Trinajstić information content (AvgIpc) is 2.49. The second-order valence-electron chi connectivity index (χ2n) is 4.53. The summed E-state index contributed by atoms with van der Waals surface area (Å²) in [6.07, 6.45) is 0. The summed E-state index contributed by atoms with van der Waals surface area (Å²) in [5, 5.41) is 13.9. The summed E-state index contributed by atoms with van der Waals surface area (Å²) in [6.45, 7) is 5.52. The first-order valence-corrected chi connectivity index (χ1v) is 6.84. The Kier molecular flexibility index (Phi) is 6.61. The number of non-ortho nitro benzene ring substituents is 1. The van der Waals surface area contributed by atoms with Gasteiger partial charge in [0.25, 0.3) is 11.6 Å². The van der Waals surface area contributed by atoms with Crippen molar-refractivity contribution in [3.05, 3.63) is 33.9 Å². The highest BCUT2D eigenvalue weighted by atomic mass is 16.6. The minimum atomic E-state index is -0.449. The van der Waals surface area contributed by atoms with E-state index in [1.807, 2.05) is 13.8 Å². The molecule has 0 aliphatic rings. The molecule has 7 nitrogen and oxygen atoms in total. The molecule has 0 radical (unpaired) electrons. The standard InChI is InChI=1S/C14H21N3O4/c1-4-15-9-11-8-12(17(19)20)6-7-13(11)21-10-14(18)16(3)5-2/h6-8,15H,4-5,9-10H2,1-3H3. The predicted molar refractivity (Wildman–Crippen MR) is 79.3 cm³/mol. The quantitative estimate of drug-likeness (QED) is 0.581. The molecule has 1 aromatic carbocycles. The number of carbonyl (C=O) groups excluding carboxylic acids is 1. The summed E-state index contributed by atoms with van der Waals surface area (Å²) in [5.74, 6) is 0.352. The topological polar surface area (TPSA) is 84.7 Å². The van der Waals surface area contributed by atoms with Crippen LogP contribution in [0.15, 0.2) is 18.2 Å². The molecule has 1 N–H and O–H groups in total. The Labute approximate surface area is 124 Å². The summed E-state index contributed by atoms with van der Waals surface area (Å²) >= 11 is 0. The third-order valence-electron chi connectivity index (χ3n) is 3.07. The lowest BCUT2D eigenvalue weighted by atomic mass is 10.1. The van der Waals surface area contributed by atoms with Crippen LogP contribution in [0.3, 0.4) is 0 Å². The van der Waals surface area contributed by atoms with Gasteiger partial charge in [-0.25, -0.2) is 0 Å². The predicted octanol–water partition coefficient (Wildman–Crippen LogP) is 1.56. The van der Waals surface area contributed by atoms with Crippen LogP contribution in [0.1, 0.15) is 19.4 Å². The van der Waals surface area contributed by atoms with Gasteiger partial charge in [0.15, 0.2) is 6.61 Å². The van der Waals surface area contributed by atoms with E-state index in [0.717, 1.165) is 6.54 Å². The van der Waals surface area contributed by atoms with Gasteiger partial charge in [0.05, 0.1) is 4.92 Å². The molecule has 0 aromatic heterocycles. The summed E-state index contributed by atoms with van der Waals surface area (Å²) in [4.78, 5) is 23.6. The molecule has 0 saturated carbocycles. The number of nitro groups is 1. The Morgan fingerprint density at radius 2 is 2.14 bits per heavy atom. The first-order valence-electron chi connectivity index (χ1n) is 6.84. The number of amides is 1. The number of nitrogens with zero attached hydrogens (tertiary/aromatic N) is 2. The van der Waals surface area contributed by atoms with Gasteiger partial charge in [-0.1, -0.05) is 6.92 Å². The first-order chi connectivity index (χ1) is 9.99. The lowest BCUT2D eigenvalue weighted by molar-refractivity contribution is -0.384. The Morgan fingerprint density at radius 1 is 1.43 bits per heavy atom. The van der Waals surface area contributed by atoms with Crippen molar-refractivity contribution in [2.24, 2.45) is 0 Å². The van der Waals surface area contributed by atoms with Crippen molar-refractivity contribution in [3.63, 3.8) is 0 Å². The Morgan fingerprint density at radius 3 is 2.71 bits per heavy atom. The molecule has 0 heterocycles. The molecule has 0 aliphatic carbocycles. The van der Waals surface area contributed by atoms with E-state index in [2.05, 4.69) is 5.32 Å². The zero-order valence-corrected chi connectivity index (χ0v) is 12.6. The van der Waals surface area contributed by atoms with Crippen LogP contribution >= 0.6 is 0 Å². The number of nitro benzene ring substituents is 1.